The van der Waals surface area contributed by atoms with Crippen LogP contribution in [-0.2, 0) is 16.5 Å². The number of hydrogen-bond donors (Lipinski definition) is 1. The normalized spacial score (nSPS) is 28.6. The highest BCUT2D eigenvalue weighted by molar-refractivity contribution is 5.43. The van der Waals surface area contributed by atoms with E-state index in [4.69, 9.17) is 9.47 Å². The molecule has 3 heterocycles. The van der Waals surface area contributed by atoms with Crippen molar-refractivity contribution in [2.75, 3.05) is 31.2 Å². The number of ether oxygens (including phenoxy) is 2. The Morgan fingerprint density at radius 1 is 1.17 bits per heavy atom. The minimum atomic E-state index is -0.244. The van der Waals surface area contributed by atoms with Crippen molar-refractivity contribution < 1.29 is 9.47 Å². The standard InChI is InChI=1S/C17H28N4O2/c1-20-13-16(11-18-20)21-8-2-3-15(12-21)19-14-4-6-17(7-5-14)22-9-10-23-17/h11,13-15,19H,2-10,12H2,1H3/t15-/m0/s1. The maximum absolute atomic E-state index is 5.83. The zero-order valence-corrected chi connectivity index (χ0v) is 14.0. The SMILES string of the molecule is Cn1cc(N2CCC[C@H](NC3CCC4(CC3)OCCO4)C2)cn1. The fourth-order valence-electron chi connectivity index (χ4n) is 4.26. The number of nitrogens with zero attached hydrogens (tertiary/aromatic N) is 3. The number of nitrogens with one attached hydrogen (secondary N) is 1. The molecule has 1 aliphatic carbocycles. The summed E-state index contributed by atoms with van der Waals surface area (Å²) >= 11 is 0. The van der Waals surface area contributed by atoms with Gasteiger partial charge < -0.3 is 19.7 Å². The first kappa shape index (κ1) is 15.4. The molecule has 0 unspecified atom stereocenters. The van der Waals surface area contributed by atoms with E-state index >= 15 is 0 Å². The Labute approximate surface area is 138 Å². The van der Waals surface area contributed by atoms with Crippen LogP contribution in [0.2, 0.25) is 0 Å². The second-order valence-electron chi connectivity index (χ2n) is 7.21. The van der Waals surface area contributed by atoms with Crippen molar-refractivity contribution in [2.45, 2.75) is 56.4 Å². The van der Waals surface area contributed by atoms with Gasteiger partial charge in [-0.25, -0.2) is 0 Å². The minimum absolute atomic E-state index is 0.244. The number of piperidine rings is 1. The van der Waals surface area contributed by atoms with Crippen LogP contribution in [0.3, 0.4) is 0 Å². The lowest BCUT2D eigenvalue weighted by Crippen LogP contribution is -2.51. The van der Waals surface area contributed by atoms with E-state index in [0.29, 0.717) is 12.1 Å². The topological polar surface area (TPSA) is 51.5 Å². The van der Waals surface area contributed by atoms with Crippen LogP contribution in [0.25, 0.3) is 0 Å². The molecular weight excluding hydrogens is 292 g/mol. The van der Waals surface area contributed by atoms with Crippen molar-refractivity contribution in [3.05, 3.63) is 12.4 Å². The van der Waals surface area contributed by atoms with Crippen LogP contribution in [-0.4, -0.2) is 54.0 Å². The predicted octanol–water partition coefficient (Wildman–Crippen LogP) is 1.66. The molecule has 3 aliphatic rings. The molecule has 1 aromatic heterocycles. The molecule has 1 atom stereocenters. The van der Waals surface area contributed by atoms with Crippen LogP contribution in [0, 0.1) is 0 Å². The minimum Gasteiger partial charge on any atom is -0.367 e. The van der Waals surface area contributed by atoms with Gasteiger partial charge >= 0.3 is 0 Å². The molecule has 6 nitrogen and oxygen atoms in total. The Kier molecular flexibility index (Phi) is 4.30. The van der Waals surface area contributed by atoms with Crippen LogP contribution in [0.5, 0.6) is 0 Å². The fraction of sp³-hybridized carbons (Fsp3) is 0.824. The third-order valence-corrected chi connectivity index (χ3v) is 5.51. The van der Waals surface area contributed by atoms with Gasteiger partial charge in [0.05, 0.1) is 25.1 Å². The van der Waals surface area contributed by atoms with Crippen LogP contribution < -0.4 is 10.2 Å². The van der Waals surface area contributed by atoms with E-state index in [-0.39, 0.29) is 5.79 Å². The Bertz CT molecular complexity index is 516. The molecular formula is C17H28N4O2. The second-order valence-corrected chi connectivity index (χ2v) is 7.21. The quantitative estimate of drug-likeness (QED) is 0.918. The highest BCUT2D eigenvalue weighted by Gasteiger charge is 2.40. The molecule has 0 bridgehead atoms. The van der Waals surface area contributed by atoms with E-state index in [0.717, 1.165) is 52.0 Å². The predicted molar refractivity (Wildman–Crippen MR) is 88.5 cm³/mol. The maximum Gasteiger partial charge on any atom is 0.168 e. The van der Waals surface area contributed by atoms with Gasteiger partial charge in [-0.3, -0.25) is 4.68 Å². The van der Waals surface area contributed by atoms with Gasteiger partial charge in [0.25, 0.3) is 0 Å². The van der Waals surface area contributed by atoms with Gasteiger partial charge in [-0.05, 0) is 25.7 Å². The van der Waals surface area contributed by atoms with E-state index in [1.807, 2.05) is 17.9 Å². The van der Waals surface area contributed by atoms with Crippen molar-refractivity contribution in [3.63, 3.8) is 0 Å². The molecule has 2 saturated heterocycles. The van der Waals surface area contributed by atoms with Crippen LogP contribution >= 0.6 is 0 Å². The first-order chi connectivity index (χ1) is 11.2. The maximum atomic E-state index is 5.83. The third kappa shape index (κ3) is 3.39. The van der Waals surface area contributed by atoms with Gasteiger partial charge in [0, 0.05) is 51.3 Å². The Balaban J connectivity index is 1.29. The van der Waals surface area contributed by atoms with Crippen molar-refractivity contribution in [3.8, 4) is 0 Å². The molecule has 1 N–H and O–H groups in total. The highest BCUT2D eigenvalue weighted by atomic mass is 16.7. The lowest BCUT2D eigenvalue weighted by atomic mass is 9.89. The molecule has 2 aliphatic heterocycles. The summed E-state index contributed by atoms with van der Waals surface area (Å²) in [6, 6.07) is 1.18. The molecule has 4 rings (SSSR count). The van der Waals surface area contributed by atoms with Crippen LogP contribution in [0.1, 0.15) is 38.5 Å². The monoisotopic (exact) mass is 320 g/mol. The van der Waals surface area contributed by atoms with Gasteiger partial charge in [0.1, 0.15) is 0 Å². The van der Waals surface area contributed by atoms with Gasteiger partial charge in [0.2, 0.25) is 0 Å². The van der Waals surface area contributed by atoms with Gasteiger partial charge in [-0.1, -0.05) is 0 Å². The molecule has 1 saturated carbocycles. The second kappa shape index (κ2) is 6.42. The van der Waals surface area contributed by atoms with Gasteiger partial charge in [-0.15, -0.1) is 0 Å². The number of rotatable bonds is 3. The molecule has 0 amide bonds. The average molecular weight is 320 g/mol. The van der Waals surface area contributed by atoms with E-state index < -0.39 is 0 Å². The summed E-state index contributed by atoms with van der Waals surface area (Å²) in [7, 11) is 1.98. The number of aromatic nitrogens is 2. The number of hydrogen-bond acceptors (Lipinski definition) is 5. The summed E-state index contributed by atoms with van der Waals surface area (Å²) in [5.74, 6) is -0.244. The zero-order chi connectivity index (χ0) is 15.7. The Hall–Kier alpha value is -1.11. The first-order valence-corrected chi connectivity index (χ1v) is 9.00. The van der Waals surface area contributed by atoms with Crippen molar-refractivity contribution in [2.24, 2.45) is 7.05 Å². The molecule has 6 heteroatoms. The van der Waals surface area contributed by atoms with E-state index in [9.17, 15) is 0 Å². The van der Waals surface area contributed by atoms with E-state index in [1.54, 1.807) is 0 Å². The van der Waals surface area contributed by atoms with Gasteiger partial charge in [0.15, 0.2) is 5.79 Å². The molecule has 0 aromatic carbocycles. The van der Waals surface area contributed by atoms with E-state index in [1.165, 1.54) is 18.5 Å². The summed E-state index contributed by atoms with van der Waals surface area (Å²) in [5.41, 5.74) is 1.24. The highest BCUT2D eigenvalue weighted by Crippen LogP contribution is 2.36. The summed E-state index contributed by atoms with van der Waals surface area (Å²) < 4.78 is 13.5. The zero-order valence-electron chi connectivity index (χ0n) is 14.0. The lowest BCUT2D eigenvalue weighted by Gasteiger charge is -2.40. The van der Waals surface area contributed by atoms with E-state index in [2.05, 4.69) is 21.5 Å². The summed E-state index contributed by atoms with van der Waals surface area (Å²) in [6.07, 6.45) is 11.0. The van der Waals surface area contributed by atoms with Crippen LogP contribution in [0.4, 0.5) is 5.69 Å². The molecule has 1 aromatic rings. The Morgan fingerprint density at radius 3 is 2.65 bits per heavy atom. The van der Waals surface area contributed by atoms with Crippen molar-refractivity contribution >= 4 is 5.69 Å². The average Bonchev–Trinajstić information content (AvgIpc) is 3.20. The fourth-order valence-corrected chi connectivity index (χ4v) is 4.26. The van der Waals surface area contributed by atoms with Crippen LogP contribution in [0.15, 0.2) is 12.4 Å². The number of aryl methyl sites for hydroxylation is 1. The number of anilines is 1. The Morgan fingerprint density at radius 2 is 1.96 bits per heavy atom. The summed E-state index contributed by atoms with van der Waals surface area (Å²) in [4.78, 5) is 2.46. The summed E-state index contributed by atoms with van der Waals surface area (Å²) in [6.45, 7) is 3.75. The first-order valence-electron chi connectivity index (χ1n) is 9.00. The molecule has 3 fully saturated rings. The van der Waals surface area contributed by atoms with Crippen molar-refractivity contribution in [1.29, 1.82) is 0 Å². The smallest absolute Gasteiger partial charge is 0.168 e. The lowest BCUT2D eigenvalue weighted by molar-refractivity contribution is -0.179. The largest absolute Gasteiger partial charge is 0.367 e. The third-order valence-electron chi connectivity index (χ3n) is 5.51. The molecule has 128 valence electrons. The molecule has 1 spiro atoms. The van der Waals surface area contributed by atoms with Gasteiger partial charge in [-0.2, -0.15) is 5.10 Å². The van der Waals surface area contributed by atoms with Crippen molar-refractivity contribution in [1.82, 2.24) is 15.1 Å². The molecule has 0 radical (unpaired) electrons. The summed E-state index contributed by atoms with van der Waals surface area (Å²) in [5, 5.41) is 8.19. The molecule has 23 heavy (non-hydrogen) atoms.